The van der Waals surface area contributed by atoms with E-state index in [1.54, 1.807) is 41.5 Å². The first-order valence-corrected chi connectivity index (χ1v) is 7.49. The molecule has 110 valence electrons. The quantitative estimate of drug-likeness (QED) is 0.779. The van der Waals surface area contributed by atoms with E-state index in [9.17, 15) is 4.79 Å². The fourth-order valence-electron chi connectivity index (χ4n) is 1.98. The number of carbonyl (C=O) groups excluding carboxylic acids is 1. The van der Waals surface area contributed by atoms with Gasteiger partial charge in [0, 0.05) is 16.9 Å². The molecule has 2 heterocycles. The van der Waals surface area contributed by atoms with Crippen LogP contribution in [0.25, 0.3) is 0 Å². The zero-order chi connectivity index (χ0) is 15.4. The molecule has 1 aromatic carbocycles. The number of aromatic nitrogens is 3. The van der Waals surface area contributed by atoms with Crippen molar-refractivity contribution in [3.8, 4) is 0 Å². The second kappa shape index (κ2) is 6.53. The molecular weight excluding hydrogens is 344 g/mol. The molecular formula is C16H13BrN4O. The summed E-state index contributed by atoms with van der Waals surface area (Å²) in [6.07, 6.45) is 5.01. The van der Waals surface area contributed by atoms with Gasteiger partial charge >= 0.3 is 0 Å². The van der Waals surface area contributed by atoms with Crippen molar-refractivity contribution in [1.29, 1.82) is 0 Å². The first-order chi connectivity index (χ1) is 10.7. The van der Waals surface area contributed by atoms with Gasteiger partial charge in [0.15, 0.2) is 0 Å². The summed E-state index contributed by atoms with van der Waals surface area (Å²) in [5.74, 6) is -0.246. The zero-order valence-electron chi connectivity index (χ0n) is 11.6. The summed E-state index contributed by atoms with van der Waals surface area (Å²) < 4.78 is 2.82. The minimum atomic E-state index is -0.246. The second-order valence-corrected chi connectivity index (χ2v) is 5.64. The van der Waals surface area contributed by atoms with Crippen molar-refractivity contribution >= 4 is 27.5 Å². The molecule has 22 heavy (non-hydrogen) atoms. The lowest BCUT2D eigenvalue weighted by Gasteiger charge is -2.02. The number of rotatable bonds is 4. The van der Waals surface area contributed by atoms with Crippen LogP contribution in [0.2, 0.25) is 0 Å². The Morgan fingerprint density at radius 2 is 2.00 bits per heavy atom. The van der Waals surface area contributed by atoms with Gasteiger partial charge in [-0.15, -0.1) is 0 Å². The monoisotopic (exact) mass is 356 g/mol. The van der Waals surface area contributed by atoms with Crippen LogP contribution in [0.1, 0.15) is 16.1 Å². The van der Waals surface area contributed by atoms with Gasteiger partial charge in [-0.25, -0.2) is 0 Å². The molecule has 0 aliphatic rings. The Labute approximate surface area is 136 Å². The van der Waals surface area contributed by atoms with Gasteiger partial charge in [0.25, 0.3) is 5.91 Å². The lowest BCUT2D eigenvalue weighted by Crippen LogP contribution is -2.12. The van der Waals surface area contributed by atoms with Crippen molar-refractivity contribution < 1.29 is 4.79 Å². The number of hydrogen-bond acceptors (Lipinski definition) is 3. The highest BCUT2D eigenvalue weighted by atomic mass is 79.9. The van der Waals surface area contributed by atoms with Crippen LogP contribution in [0.4, 0.5) is 5.69 Å². The summed E-state index contributed by atoms with van der Waals surface area (Å²) in [5.41, 5.74) is 2.16. The minimum Gasteiger partial charge on any atom is -0.318 e. The Bertz CT molecular complexity index is 768. The summed E-state index contributed by atoms with van der Waals surface area (Å²) in [6, 6.07) is 13.2. The number of nitrogens with one attached hydrogen (secondary N) is 1. The van der Waals surface area contributed by atoms with E-state index in [-0.39, 0.29) is 5.91 Å². The molecule has 0 bridgehead atoms. The Hall–Kier alpha value is -2.47. The predicted octanol–water partition coefficient (Wildman–Crippen LogP) is 3.34. The fourth-order valence-corrected chi connectivity index (χ4v) is 2.25. The highest BCUT2D eigenvalue weighted by molar-refractivity contribution is 9.10. The van der Waals surface area contributed by atoms with E-state index in [4.69, 9.17) is 0 Å². The van der Waals surface area contributed by atoms with Gasteiger partial charge in [0.05, 0.1) is 18.4 Å². The fraction of sp³-hybridized carbons (Fsp3) is 0.0625. The minimum absolute atomic E-state index is 0.246. The topological polar surface area (TPSA) is 59.8 Å². The third kappa shape index (κ3) is 3.59. The van der Waals surface area contributed by atoms with E-state index < -0.39 is 0 Å². The average Bonchev–Trinajstić information content (AvgIpc) is 2.97. The molecule has 1 N–H and O–H groups in total. The molecule has 0 saturated heterocycles. The van der Waals surface area contributed by atoms with Crippen molar-refractivity contribution in [2.24, 2.45) is 0 Å². The number of halogens is 1. The van der Waals surface area contributed by atoms with Gasteiger partial charge in [0.1, 0.15) is 5.69 Å². The third-order valence-electron chi connectivity index (χ3n) is 3.05. The molecule has 3 rings (SSSR count). The van der Waals surface area contributed by atoms with Crippen molar-refractivity contribution in [2.45, 2.75) is 6.54 Å². The van der Waals surface area contributed by atoms with E-state index >= 15 is 0 Å². The maximum Gasteiger partial charge on any atom is 0.274 e. The molecule has 0 aliphatic carbocycles. The second-order valence-electron chi connectivity index (χ2n) is 4.72. The molecule has 5 nitrogen and oxygen atoms in total. The molecule has 0 unspecified atom stereocenters. The highest BCUT2D eigenvalue weighted by Gasteiger charge is 2.08. The number of pyridine rings is 1. The largest absolute Gasteiger partial charge is 0.318 e. The normalized spacial score (nSPS) is 10.4. The zero-order valence-corrected chi connectivity index (χ0v) is 13.2. The predicted molar refractivity (Wildman–Crippen MR) is 87.7 cm³/mol. The van der Waals surface area contributed by atoms with Crippen molar-refractivity contribution in [2.75, 3.05) is 5.32 Å². The molecule has 3 aromatic rings. The average molecular weight is 357 g/mol. The van der Waals surface area contributed by atoms with Gasteiger partial charge in [-0.05, 0) is 29.8 Å². The molecule has 6 heteroatoms. The van der Waals surface area contributed by atoms with Crippen LogP contribution in [0, 0.1) is 0 Å². The molecule has 0 aliphatic heterocycles. The van der Waals surface area contributed by atoms with Crippen LogP contribution < -0.4 is 5.32 Å². The van der Waals surface area contributed by atoms with Crippen molar-refractivity contribution in [3.05, 3.63) is 76.8 Å². The Kier molecular flexibility index (Phi) is 4.29. The van der Waals surface area contributed by atoms with Crippen LogP contribution in [-0.2, 0) is 6.54 Å². The number of nitrogens with zero attached hydrogens (tertiary/aromatic N) is 3. The van der Waals surface area contributed by atoms with Gasteiger partial charge in [-0.3, -0.25) is 14.5 Å². The standard InChI is InChI=1S/C16H13BrN4O/c17-13-6-4-12(5-7-13)10-21-11-14(9-19-21)20-16(22)15-3-1-2-8-18-15/h1-9,11H,10H2,(H,20,22). The molecule has 0 radical (unpaired) electrons. The highest BCUT2D eigenvalue weighted by Crippen LogP contribution is 2.13. The number of benzene rings is 1. The number of anilines is 1. The van der Waals surface area contributed by atoms with Crippen LogP contribution >= 0.6 is 15.9 Å². The third-order valence-corrected chi connectivity index (χ3v) is 3.58. The molecule has 0 atom stereocenters. The maximum atomic E-state index is 12.0. The van der Waals surface area contributed by atoms with Crippen molar-refractivity contribution in [3.63, 3.8) is 0 Å². The summed E-state index contributed by atoms with van der Waals surface area (Å²) in [6.45, 7) is 0.646. The first-order valence-electron chi connectivity index (χ1n) is 6.70. The van der Waals surface area contributed by atoms with Crippen molar-refractivity contribution in [1.82, 2.24) is 14.8 Å². The first kappa shape index (κ1) is 14.5. The Morgan fingerprint density at radius 3 is 2.73 bits per heavy atom. The Morgan fingerprint density at radius 1 is 1.18 bits per heavy atom. The van der Waals surface area contributed by atoms with Crippen LogP contribution in [0.15, 0.2) is 65.5 Å². The molecule has 0 saturated carbocycles. The van der Waals surface area contributed by atoms with Crippen LogP contribution in [-0.4, -0.2) is 20.7 Å². The molecule has 0 fully saturated rings. The number of carbonyl (C=O) groups is 1. The van der Waals surface area contributed by atoms with E-state index in [2.05, 4.69) is 31.3 Å². The lowest BCUT2D eigenvalue weighted by molar-refractivity contribution is 0.102. The van der Waals surface area contributed by atoms with Crippen LogP contribution in [0.3, 0.4) is 0 Å². The van der Waals surface area contributed by atoms with Gasteiger partial charge in [-0.2, -0.15) is 5.10 Å². The van der Waals surface area contributed by atoms with E-state index in [0.29, 0.717) is 17.9 Å². The summed E-state index contributed by atoms with van der Waals surface area (Å²) in [5, 5.41) is 7.03. The van der Waals surface area contributed by atoms with Gasteiger partial charge in [0.2, 0.25) is 0 Å². The SMILES string of the molecule is O=C(Nc1cnn(Cc2ccc(Br)cc2)c1)c1ccccn1. The lowest BCUT2D eigenvalue weighted by atomic mass is 10.2. The van der Waals surface area contributed by atoms with E-state index in [1.165, 1.54) is 0 Å². The summed E-state index contributed by atoms with van der Waals surface area (Å²) in [7, 11) is 0. The Balaban J connectivity index is 1.66. The van der Waals surface area contributed by atoms with Gasteiger partial charge < -0.3 is 5.32 Å². The molecule has 1 amide bonds. The maximum absolute atomic E-state index is 12.0. The summed E-state index contributed by atoms with van der Waals surface area (Å²) >= 11 is 3.41. The van der Waals surface area contributed by atoms with E-state index in [0.717, 1.165) is 10.0 Å². The van der Waals surface area contributed by atoms with Crippen LogP contribution in [0.5, 0.6) is 0 Å². The molecule has 0 spiro atoms. The number of hydrogen-bond donors (Lipinski definition) is 1. The van der Waals surface area contributed by atoms with Gasteiger partial charge in [-0.1, -0.05) is 34.1 Å². The number of amides is 1. The molecule has 2 aromatic heterocycles. The van der Waals surface area contributed by atoms with E-state index in [1.807, 2.05) is 24.3 Å². The summed E-state index contributed by atoms with van der Waals surface area (Å²) in [4.78, 5) is 16.0. The smallest absolute Gasteiger partial charge is 0.274 e.